The number of azo groups is 1. The van der Waals surface area contributed by atoms with Crippen LogP contribution in [0.4, 0.5) is 23.0 Å². The van der Waals surface area contributed by atoms with Gasteiger partial charge in [-0.3, -0.25) is 9.11 Å². The molecule has 0 unspecified atom stereocenters. The lowest BCUT2D eigenvalue weighted by Crippen LogP contribution is -2.03. The number of halogens is 2. The summed E-state index contributed by atoms with van der Waals surface area (Å²) in [4.78, 5) is 10.1. The van der Waals surface area contributed by atoms with E-state index >= 15 is 0 Å². The van der Waals surface area contributed by atoms with Crippen molar-refractivity contribution in [1.82, 2.24) is 15.0 Å². The Morgan fingerprint density at radius 3 is 2.15 bits per heavy atom. The number of benzene rings is 4. The Labute approximate surface area is 286 Å². The van der Waals surface area contributed by atoms with Crippen LogP contribution in [0.15, 0.2) is 78.3 Å². The van der Waals surface area contributed by atoms with E-state index in [1.54, 1.807) is 0 Å². The number of nitrogens with zero attached hydrogens (tertiary/aromatic N) is 5. The standard InChI is InChI=1S/C23H14Cl2N6O13S4/c24-21-27-22(25)29-23(28-21)26-14-8-10(47(35,36)37)6-9-7-15(45-43-41-33)18(19(32)17(9)14)31-30-13-5-4-11-12(20(13)46-44-42-34)2-1-3-16(11)48(38,39)40/h1-8,32-34H,(H,35,36,37)(H,38,39,40)(H,26,27,28,29). The van der Waals surface area contributed by atoms with Gasteiger partial charge in [-0.05, 0) is 58.9 Å². The third-order valence-corrected chi connectivity index (χ3v) is 9.46. The molecule has 0 aliphatic rings. The maximum Gasteiger partial charge on any atom is 0.295 e. The zero-order chi connectivity index (χ0) is 34.8. The van der Waals surface area contributed by atoms with Crippen molar-refractivity contribution in [1.29, 1.82) is 0 Å². The lowest BCUT2D eigenvalue weighted by atomic mass is 10.1. The van der Waals surface area contributed by atoms with Gasteiger partial charge in [-0.25, -0.2) is 10.5 Å². The molecule has 0 amide bonds. The van der Waals surface area contributed by atoms with E-state index in [0.29, 0.717) is 24.1 Å². The van der Waals surface area contributed by atoms with E-state index in [1.807, 2.05) is 0 Å². The molecule has 5 rings (SSSR count). The van der Waals surface area contributed by atoms with Gasteiger partial charge in [0.15, 0.2) is 5.75 Å². The summed E-state index contributed by atoms with van der Waals surface area (Å²) in [6.07, 6.45) is 0. The lowest BCUT2D eigenvalue weighted by molar-refractivity contribution is -0.432. The zero-order valence-corrected chi connectivity index (χ0v) is 27.5. The highest BCUT2D eigenvalue weighted by atomic mass is 35.5. The van der Waals surface area contributed by atoms with Gasteiger partial charge in [0.05, 0.1) is 44.5 Å². The van der Waals surface area contributed by atoms with Crippen LogP contribution in [-0.2, 0) is 39.0 Å². The second-order valence-corrected chi connectivity index (χ2v) is 13.8. The van der Waals surface area contributed by atoms with Gasteiger partial charge in [0, 0.05) is 16.2 Å². The lowest BCUT2D eigenvalue weighted by Gasteiger charge is -2.15. The fraction of sp³-hybridized carbons (Fsp3) is 0. The van der Waals surface area contributed by atoms with Gasteiger partial charge in [-0.15, -0.1) is 18.9 Å². The van der Waals surface area contributed by atoms with Crippen LogP contribution in [0.2, 0.25) is 10.6 Å². The van der Waals surface area contributed by atoms with Crippen LogP contribution in [0, 0.1) is 0 Å². The molecule has 19 nitrogen and oxygen atoms in total. The Kier molecular flexibility index (Phi) is 10.8. The van der Waals surface area contributed by atoms with E-state index in [4.69, 9.17) is 33.7 Å². The average molecular weight is 782 g/mol. The number of phenols is 1. The number of anilines is 2. The van der Waals surface area contributed by atoms with Gasteiger partial charge >= 0.3 is 0 Å². The van der Waals surface area contributed by atoms with Crippen molar-refractivity contribution in [3.05, 3.63) is 59.1 Å². The highest BCUT2D eigenvalue weighted by molar-refractivity contribution is 7.95. The molecule has 0 bridgehead atoms. The molecule has 0 aliphatic heterocycles. The first-order valence-electron chi connectivity index (χ1n) is 12.1. The summed E-state index contributed by atoms with van der Waals surface area (Å²) in [7, 11) is -9.51. The summed E-state index contributed by atoms with van der Waals surface area (Å²) in [5, 5.41) is 46.6. The second kappa shape index (κ2) is 14.5. The largest absolute Gasteiger partial charge is 0.505 e. The second-order valence-electron chi connectivity index (χ2n) is 8.83. The number of rotatable bonds is 12. The number of aromatic nitrogens is 3. The highest BCUT2D eigenvalue weighted by Gasteiger charge is 2.23. The van der Waals surface area contributed by atoms with E-state index in [0.717, 1.165) is 18.2 Å². The topological polar surface area (TPSA) is 282 Å². The summed E-state index contributed by atoms with van der Waals surface area (Å²) in [6.45, 7) is 0. The van der Waals surface area contributed by atoms with E-state index in [2.05, 4.69) is 49.2 Å². The number of nitrogens with one attached hydrogen (secondary N) is 1. The first kappa shape index (κ1) is 35.8. The van der Waals surface area contributed by atoms with Crippen molar-refractivity contribution >= 4 is 112 Å². The smallest absolute Gasteiger partial charge is 0.295 e. The molecular weight excluding hydrogens is 767 g/mol. The molecule has 0 atom stereocenters. The van der Waals surface area contributed by atoms with Crippen LogP contribution >= 0.6 is 47.3 Å². The van der Waals surface area contributed by atoms with Crippen LogP contribution in [-0.4, -0.2) is 56.5 Å². The predicted octanol–water partition coefficient (Wildman–Crippen LogP) is 6.70. The molecule has 252 valence electrons. The maximum atomic E-state index is 12.1. The van der Waals surface area contributed by atoms with E-state index in [-0.39, 0.29) is 64.9 Å². The Hall–Kier alpha value is -3.53. The molecule has 4 aromatic carbocycles. The van der Waals surface area contributed by atoms with Crippen molar-refractivity contribution in [3.8, 4) is 5.75 Å². The minimum atomic E-state index is -4.83. The summed E-state index contributed by atoms with van der Waals surface area (Å²) in [5.74, 6) is -0.977. The summed E-state index contributed by atoms with van der Waals surface area (Å²) < 4.78 is 76.7. The molecule has 0 radical (unpaired) electrons. The van der Waals surface area contributed by atoms with Gasteiger partial charge in [0.1, 0.15) is 16.3 Å². The fourth-order valence-corrected chi connectivity index (χ4v) is 6.92. The van der Waals surface area contributed by atoms with E-state index in [1.165, 1.54) is 30.3 Å². The minimum absolute atomic E-state index is 0.0176. The molecule has 1 aromatic heterocycles. The number of fused-ring (bicyclic) bond motifs is 2. The Morgan fingerprint density at radius 1 is 0.812 bits per heavy atom. The molecule has 1 heterocycles. The fourth-order valence-electron chi connectivity index (χ4n) is 4.26. The van der Waals surface area contributed by atoms with Crippen molar-refractivity contribution in [2.75, 3.05) is 5.32 Å². The Balaban J connectivity index is 1.75. The average Bonchev–Trinajstić information content (AvgIpc) is 3.00. The Morgan fingerprint density at radius 2 is 1.50 bits per heavy atom. The van der Waals surface area contributed by atoms with Crippen LogP contribution in [0.3, 0.4) is 0 Å². The predicted molar refractivity (Wildman–Crippen MR) is 168 cm³/mol. The first-order valence-corrected chi connectivity index (χ1v) is 17.2. The van der Waals surface area contributed by atoms with E-state index in [9.17, 15) is 31.0 Å². The quantitative estimate of drug-likeness (QED) is 0.0252. The summed E-state index contributed by atoms with van der Waals surface area (Å²) in [6, 6.07) is 9.60. The monoisotopic (exact) mass is 780 g/mol. The number of hydrogen-bond donors (Lipinski definition) is 6. The SMILES string of the molecule is O=S(=O)(O)c1cc(Nc2nc(Cl)nc(Cl)n2)c2c(O)c(N=Nc3ccc4c(S(=O)(=O)O)cccc4c3SOOO)c(SOOO)cc2c1. The zero-order valence-electron chi connectivity index (χ0n) is 22.7. The van der Waals surface area contributed by atoms with Crippen LogP contribution < -0.4 is 5.32 Å². The molecule has 6 N–H and O–H groups in total. The third-order valence-electron chi connectivity index (χ3n) is 6.04. The number of aromatic hydroxyl groups is 1. The van der Waals surface area contributed by atoms with Crippen LogP contribution in [0.5, 0.6) is 5.75 Å². The molecular formula is C23H14Cl2N6O13S4. The molecule has 0 spiro atoms. The van der Waals surface area contributed by atoms with Gasteiger partial charge in [0.2, 0.25) is 16.5 Å². The van der Waals surface area contributed by atoms with E-state index < -0.39 is 35.8 Å². The maximum absolute atomic E-state index is 12.1. The minimum Gasteiger partial charge on any atom is -0.505 e. The molecule has 0 aliphatic carbocycles. The third kappa shape index (κ3) is 7.85. The van der Waals surface area contributed by atoms with Crippen LogP contribution in [0.25, 0.3) is 21.5 Å². The molecule has 5 aromatic rings. The number of hydrogen-bond acceptors (Lipinski definition) is 19. The van der Waals surface area contributed by atoms with Gasteiger partial charge in [-0.1, -0.05) is 28.3 Å². The first-order chi connectivity index (χ1) is 22.7. The normalized spacial score (nSPS) is 12.4. The molecule has 48 heavy (non-hydrogen) atoms. The molecule has 25 heteroatoms. The summed E-state index contributed by atoms with van der Waals surface area (Å²) >= 11 is 12.4. The van der Waals surface area contributed by atoms with Crippen molar-refractivity contribution in [3.63, 3.8) is 0 Å². The van der Waals surface area contributed by atoms with Crippen molar-refractivity contribution in [2.45, 2.75) is 19.6 Å². The van der Waals surface area contributed by atoms with Gasteiger partial charge in [-0.2, -0.15) is 31.8 Å². The molecule has 0 fully saturated rings. The van der Waals surface area contributed by atoms with Crippen LogP contribution in [0.1, 0.15) is 0 Å². The van der Waals surface area contributed by atoms with Crippen molar-refractivity contribution < 1.29 is 60.3 Å². The molecule has 0 saturated carbocycles. The van der Waals surface area contributed by atoms with Gasteiger partial charge < -0.3 is 10.4 Å². The summed E-state index contributed by atoms with van der Waals surface area (Å²) in [5.41, 5.74) is -0.640. The molecule has 0 saturated heterocycles. The van der Waals surface area contributed by atoms with Gasteiger partial charge in [0.25, 0.3) is 20.2 Å². The Bertz CT molecular complexity index is 2300. The van der Waals surface area contributed by atoms with Crippen molar-refractivity contribution in [2.24, 2.45) is 10.2 Å². The number of phenolic OH excluding ortho intramolecular Hbond substituents is 1. The highest BCUT2D eigenvalue weighted by Crippen LogP contribution is 2.48.